The van der Waals surface area contributed by atoms with Crippen molar-refractivity contribution in [2.75, 3.05) is 19.5 Å². The highest BCUT2D eigenvalue weighted by molar-refractivity contribution is 5.96. The highest BCUT2D eigenvalue weighted by atomic mass is 19.3. The number of rotatable bonds is 6. The summed E-state index contributed by atoms with van der Waals surface area (Å²) in [5.41, 5.74) is 0.131. The standard InChI is InChI=1S/C12H16F2N2O3/c1-7(15-2)11(17)16-9-6-8(18-3)4-5-10(9)19-12(13)14/h4-7,12,15H,1-3H3,(H,16,17). The quantitative estimate of drug-likeness (QED) is 0.831. The van der Waals surface area contributed by atoms with Gasteiger partial charge in [0.1, 0.15) is 11.5 Å². The van der Waals surface area contributed by atoms with Crippen molar-refractivity contribution in [2.45, 2.75) is 19.6 Å². The van der Waals surface area contributed by atoms with E-state index in [4.69, 9.17) is 4.74 Å². The molecule has 7 heteroatoms. The number of carbonyl (C=O) groups is 1. The van der Waals surface area contributed by atoms with Crippen molar-refractivity contribution in [3.8, 4) is 11.5 Å². The summed E-state index contributed by atoms with van der Waals surface area (Å²) in [7, 11) is 3.05. The summed E-state index contributed by atoms with van der Waals surface area (Å²) in [6.07, 6.45) is 0. The molecular weight excluding hydrogens is 258 g/mol. The lowest BCUT2D eigenvalue weighted by atomic mass is 10.2. The van der Waals surface area contributed by atoms with Crippen molar-refractivity contribution in [1.82, 2.24) is 5.32 Å². The zero-order valence-electron chi connectivity index (χ0n) is 10.9. The number of methoxy groups -OCH3 is 1. The maximum Gasteiger partial charge on any atom is 0.387 e. The van der Waals surface area contributed by atoms with Crippen LogP contribution in [0.3, 0.4) is 0 Å². The minimum absolute atomic E-state index is 0.118. The Labute approximate surface area is 109 Å². The molecule has 0 heterocycles. The molecule has 106 valence electrons. The second-order valence-corrected chi connectivity index (χ2v) is 3.74. The fourth-order valence-electron chi connectivity index (χ4n) is 1.30. The molecule has 1 aromatic rings. The van der Waals surface area contributed by atoms with E-state index in [1.165, 1.54) is 25.3 Å². The molecule has 0 saturated carbocycles. The first-order chi connectivity index (χ1) is 8.97. The van der Waals surface area contributed by atoms with Crippen LogP contribution in [0.15, 0.2) is 18.2 Å². The minimum Gasteiger partial charge on any atom is -0.497 e. The molecule has 1 atom stereocenters. The monoisotopic (exact) mass is 274 g/mol. The number of halogens is 2. The molecule has 0 bridgehead atoms. The molecule has 1 rings (SSSR count). The molecule has 1 aromatic carbocycles. The first kappa shape index (κ1) is 15.2. The number of alkyl halides is 2. The smallest absolute Gasteiger partial charge is 0.387 e. The zero-order valence-corrected chi connectivity index (χ0v) is 10.9. The van der Waals surface area contributed by atoms with Crippen molar-refractivity contribution >= 4 is 11.6 Å². The van der Waals surface area contributed by atoms with Gasteiger partial charge < -0.3 is 20.1 Å². The number of carbonyl (C=O) groups excluding carboxylic acids is 1. The summed E-state index contributed by atoms with van der Waals surface area (Å²) in [6, 6.07) is 3.72. The highest BCUT2D eigenvalue weighted by Gasteiger charge is 2.16. The first-order valence-corrected chi connectivity index (χ1v) is 5.59. The SMILES string of the molecule is CNC(C)C(=O)Nc1cc(OC)ccc1OC(F)F. The van der Waals surface area contributed by atoms with Crippen molar-refractivity contribution < 1.29 is 23.0 Å². The van der Waals surface area contributed by atoms with Crippen LogP contribution in [-0.4, -0.2) is 32.7 Å². The average Bonchev–Trinajstić information content (AvgIpc) is 2.39. The fraction of sp³-hybridized carbons (Fsp3) is 0.417. The van der Waals surface area contributed by atoms with E-state index in [0.29, 0.717) is 5.75 Å². The molecule has 19 heavy (non-hydrogen) atoms. The summed E-state index contributed by atoms with van der Waals surface area (Å²) in [5.74, 6) is -0.0589. The third-order valence-corrected chi connectivity index (χ3v) is 2.49. The summed E-state index contributed by atoms with van der Waals surface area (Å²) in [5, 5.41) is 5.24. The average molecular weight is 274 g/mol. The van der Waals surface area contributed by atoms with Gasteiger partial charge >= 0.3 is 6.61 Å². The van der Waals surface area contributed by atoms with Crippen molar-refractivity contribution in [1.29, 1.82) is 0 Å². The van der Waals surface area contributed by atoms with Crippen LogP contribution in [-0.2, 0) is 4.79 Å². The third-order valence-electron chi connectivity index (χ3n) is 2.49. The predicted octanol–water partition coefficient (Wildman–Crippen LogP) is 1.84. The van der Waals surface area contributed by atoms with Crippen LogP contribution in [0.5, 0.6) is 11.5 Å². The Bertz CT molecular complexity index is 441. The van der Waals surface area contributed by atoms with Crippen LogP contribution in [0.25, 0.3) is 0 Å². The Balaban J connectivity index is 2.97. The van der Waals surface area contributed by atoms with Crippen molar-refractivity contribution in [3.05, 3.63) is 18.2 Å². The molecule has 0 radical (unpaired) electrons. The van der Waals surface area contributed by atoms with E-state index in [-0.39, 0.29) is 17.3 Å². The van der Waals surface area contributed by atoms with Gasteiger partial charge in [-0.15, -0.1) is 0 Å². The van der Waals surface area contributed by atoms with Gasteiger partial charge in [0.15, 0.2) is 0 Å². The number of anilines is 1. The van der Waals surface area contributed by atoms with Crippen LogP contribution in [0.4, 0.5) is 14.5 Å². The summed E-state index contributed by atoms with van der Waals surface area (Å²) in [4.78, 5) is 11.7. The molecule has 0 aliphatic rings. The number of likely N-dealkylation sites (N-methyl/N-ethyl adjacent to an activating group) is 1. The molecule has 2 N–H and O–H groups in total. The second kappa shape index (κ2) is 6.89. The summed E-state index contributed by atoms with van der Waals surface area (Å²) in [6.45, 7) is -1.32. The summed E-state index contributed by atoms with van der Waals surface area (Å²) >= 11 is 0. The van der Waals surface area contributed by atoms with Crippen LogP contribution < -0.4 is 20.1 Å². The minimum atomic E-state index is -2.97. The summed E-state index contributed by atoms with van der Waals surface area (Å²) < 4.78 is 33.8. The highest BCUT2D eigenvalue weighted by Crippen LogP contribution is 2.30. The van der Waals surface area contributed by atoms with E-state index in [9.17, 15) is 13.6 Å². The fourth-order valence-corrected chi connectivity index (χ4v) is 1.30. The topological polar surface area (TPSA) is 59.6 Å². The van der Waals surface area contributed by atoms with Crippen molar-refractivity contribution in [3.63, 3.8) is 0 Å². The maximum absolute atomic E-state index is 12.3. The van der Waals surface area contributed by atoms with Gasteiger partial charge in [-0.2, -0.15) is 8.78 Å². The molecule has 0 aliphatic carbocycles. The lowest BCUT2D eigenvalue weighted by molar-refractivity contribution is -0.117. The zero-order chi connectivity index (χ0) is 14.4. The third kappa shape index (κ3) is 4.36. The Morgan fingerprint density at radius 2 is 2.05 bits per heavy atom. The van der Waals surface area contributed by atoms with Gasteiger partial charge in [0.05, 0.1) is 18.8 Å². The molecule has 1 amide bonds. The largest absolute Gasteiger partial charge is 0.497 e. The molecular formula is C12H16F2N2O3. The number of benzene rings is 1. The molecule has 0 saturated heterocycles. The van der Waals surface area contributed by atoms with Gasteiger partial charge in [-0.3, -0.25) is 4.79 Å². The first-order valence-electron chi connectivity index (χ1n) is 5.59. The van der Waals surface area contributed by atoms with Gasteiger partial charge in [0.2, 0.25) is 5.91 Å². The number of hydrogen-bond acceptors (Lipinski definition) is 4. The van der Waals surface area contributed by atoms with E-state index in [1.54, 1.807) is 14.0 Å². The van der Waals surface area contributed by atoms with E-state index >= 15 is 0 Å². The van der Waals surface area contributed by atoms with E-state index < -0.39 is 12.7 Å². The van der Waals surface area contributed by atoms with Crippen LogP contribution in [0, 0.1) is 0 Å². The Kier molecular flexibility index (Phi) is 5.50. The maximum atomic E-state index is 12.3. The lowest BCUT2D eigenvalue weighted by Crippen LogP contribution is -2.35. The molecule has 5 nitrogen and oxygen atoms in total. The van der Waals surface area contributed by atoms with Gasteiger partial charge in [-0.1, -0.05) is 0 Å². The van der Waals surface area contributed by atoms with Crippen LogP contribution in [0.1, 0.15) is 6.92 Å². The van der Waals surface area contributed by atoms with Crippen molar-refractivity contribution in [2.24, 2.45) is 0 Å². The molecule has 0 fully saturated rings. The van der Waals surface area contributed by atoms with Gasteiger partial charge in [0, 0.05) is 6.07 Å². The number of nitrogens with one attached hydrogen (secondary N) is 2. The molecule has 0 spiro atoms. The normalized spacial score (nSPS) is 12.1. The lowest BCUT2D eigenvalue weighted by Gasteiger charge is -2.15. The predicted molar refractivity (Wildman–Crippen MR) is 66.8 cm³/mol. The number of hydrogen-bond donors (Lipinski definition) is 2. The molecule has 1 unspecified atom stereocenters. The van der Waals surface area contributed by atoms with E-state index in [2.05, 4.69) is 15.4 Å². The van der Waals surface area contributed by atoms with Gasteiger partial charge in [-0.25, -0.2) is 0 Å². The van der Waals surface area contributed by atoms with Gasteiger partial charge in [-0.05, 0) is 26.1 Å². The molecule has 0 aliphatic heterocycles. The Hall–Kier alpha value is -1.89. The van der Waals surface area contributed by atoms with Crippen LogP contribution in [0.2, 0.25) is 0 Å². The molecule has 0 aromatic heterocycles. The Morgan fingerprint density at radius 3 is 2.58 bits per heavy atom. The van der Waals surface area contributed by atoms with Crippen LogP contribution >= 0.6 is 0 Å². The Morgan fingerprint density at radius 1 is 1.37 bits per heavy atom. The number of amides is 1. The van der Waals surface area contributed by atoms with E-state index in [1.807, 2.05) is 0 Å². The van der Waals surface area contributed by atoms with Gasteiger partial charge in [0.25, 0.3) is 0 Å². The van der Waals surface area contributed by atoms with E-state index in [0.717, 1.165) is 0 Å². The number of ether oxygens (including phenoxy) is 2. The second-order valence-electron chi connectivity index (χ2n) is 3.74.